The maximum Gasteiger partial charge on any atom is 0.0220 e. The number of nitrogens with zero attached hydrogens (tertiary/aromatic N) is 2. The van der Waals surface area contributed by atoms with Crippen LogP contribution in [0.5, 0.6) is 0 Å². The Morgan fingerprint density at radius 2 is 2.00 bits per heavy atom. The first-order chi connectivity index (χ1) is 8.16. The monoisotopic (exact) mass is 239 g/mol. The average molecular weight is 239 g/mol. The fourth-order valence-corrected chi connectivity index (χ4v) is 3.30. The van der Waals surface area contributed by atoms with Gasteiger partial charge in [-0.25, -0.2) is 0 Å². The third-order valence-corrected chi connectivity index (χ3v) is 4.55. The zero-order chi connectivity index (χ0) is 12.3. The number of likely N-dealkylation sites (N-methyl/N-ethyl adjacent to an activating group) is 1. The molecule has 0 aromatic rings. The second-order valence-electron chi connectivity index (χ2n) is 6.14. The maximum atomic E-state index is 3.71. The number of rotatable bonds is 2. The van der Waals surface area contributed by atoms with Crippen molar-refractivity contribution in [1.29, 1.82) is 0 Å². The van der Waals surface area contributed by atoms with Crippen molar-refractivity contribution in [1.82, 2.24) is 15.1 Å². The zero-order valence-electron chi connectivity index (χ0n) is 11.8. The number of hydrogen-bond acceptors (Lipinski definition) is 3. The van der Waals surface area contributed by atoms with Crippen LogP contribution in [0.25, 0.3) is 0 Å². The molecule has 0 spiro atoms. The third-order valence-electron chi connectivity index (χ3n) is 4.55. The molecule has 2 rings (SSSR count). The number of nitrogens with one attached hydrogen (secondary N) is 1. The summed E-state index contributed by atoms with van der Waals surface area (Å²) in [4.78, 5) is 5.17. The first-order valence-electron chi connectivity index (χ1n) is 7.33. The Hall–Kier alpha value is -0.120. The van der Waals surface area contributed by atoms with E-state index >= 15 is 0 Å². The highest BCUT2D eigenvalue weighted by molar-refractivity contribution is 4.84. The summed E-state index contributed by atoms with van der Waals surface area (Å²) in [6, 6.07) is 1.42. The van der Waals surface area contributed by atoms with Crippen LogP contribution < -0.4 is 5.32 Å². The molecule has 0 aliphatic carbocycles. The Labute approximate surface area is 107 Å². The molecule has 100 valence electrons. The molecule has 2 heterocycles. The SMILES string of the molecule is CC1CCCNC1CN1CCCN(C)CC1C. The highest BCUT2D eigenvalue weighted by atomic mass is 15.2. The van der Waals surface area contributed by atoms with E-state index < -0.39 is 0 Å². The van der Waals surface area contributed by atoms with Crippen LogP contribution in [0.3, 0.4) is 0 Å². The maximum absolute atomic E-state index is 3.71. The lowest BCUT2D eigenvalue weighted by Crippen LogP contribution is -2.50. The van der Waals surface area contributed by atoms with Gasteiger partial charge in [0.15, 0.2) is 0 Å². The average Bonchev–Trinajstić information content (AvgIpc) is 2.44. The van der Waals surface area contributed by atoms with Crippen molar-refractivity contribution in [3.63, 3.8) is 0 Å². The standard InChI is InChI=1S/C14H29N3/c1-12-6-4-7-15-14(12)11-17-9-5-8-16(3)10-13(17)2/h12-15H,4-11H2,1-3H3. The summed E-state index contributed by atoms with van der Waals surface area (Å²) in [5.74, 6) is 0.844. The summed E-state index contributed by atoms with van der Waals surface area (Å²) in [5, 5.41) is 3.71. The predicted molar refractivity (Wildman–Crippen MR) is 73.3 cm³/mol. The summed E-state index contributed by atoms with van der Waals surface area (Å²) in [6.45, 7) is 11.0. The van der Waals surface area contributed by atoms with Crippen LogP contribution in [0.15, 0.2) is 0 Å². The lowest BCUT2D eigenvalue weighted by molar-refractivity contribution is 0.152. The van der Waals surface area contributed by atoms with Gasteiger partial charge in [0.1, 0.15) is 0 Å². The molecule has 1 N–H and O–H groups in total. The smallest absolute Gasteiger partial charge is 0.0220 e. The molecule has 3 nitrogen and oxygen atoms in total. The predicted octanol–water partition coefficient (Wildman–Crippen LogP) is 1.40. The van der Waals surface area contributed by atoms with E-state index in [1.807, 2.05) is 0 Å². The molecule has 0 amide bonds. The van der Waals surface area contributed by atoms with E-state index in [1.54, 1.807) is 0 Å². The van der Waals surface area contributed by atoms with Crippen molar-refractivity contribution in [3.05, 3.63) is 0 Å². The number of piperidine rings is 1. The fraction of sp³-hybridized carbons (Fsp3) is 1.00. The summed E-state index contributed by atoms with van der Waals surface area (Å²) < 4.78 is 0. The van der Waals surface area contributed by atoms with E-state index in [4.69, 9.17) is 0 Å². The molecular formula is C14H29N3. The molecule has 0 aromatic heterocycles. The van der Waals surface area contributed by atoms with Crippen molar-refractivity contribution >= 4 is 0 Å². The summed E-state index contributed by atoms with van der Waals surface area (Å²) in [5.41, 5.74) is 0. The van der Waals surface area contributed by atoms with Gasteiger partial charge in [-0.05, 0) is 58.8 Å². The van der Waals surface area contributed by atoms with E-state index in [2.05, 4.69) is 36.0 Å². The minimum Gasteiger partial charge on any atom is -0.312 e. The summed E-state index contributed by atoms with van der Waals surface area (Å²) >= 11 is 0. The lowest BCUT2D eigenvalue weighted by atomic mass is 9.92. The summed E-state index contributed by atoms with van der Waals surface area (Å²) in [7, 11) is 2.25. The van der Waals surface area contributed by atoms with Crippen LogP contribution in [-0.4, -0.2) is 61.7 Å². The van der Waals surface area contributed by atoms with Crippen molar-refractivity contribution in [2.75, 3.05) is 39.8 Å². The molecule has 0 radical (unpaired) electrons. The summed E-state index contributed by atoms with van der Waals surface area (Å²) in [6.07, 6.45) is 4.08. The Balaban J connectivity index is 1.87. The topological polar surface area (TPSA) is 18.5 Å². The van der Waals surface area contributed by atoms with Gasteiger partial charge in [0.05, 0.1) is 0 Å². The molecule has 3 atom stereocenters. The van der Waals surface area contributed by atoms with Gasteiger partial charge in [-0.1, -0.05) is 6.92 Å². The van der Waals surface area contributed by atoms with E-state index in [1.165, 1.54) is 52.0 Å². The molecule has 0 aromatic carbocycles. The molecule has 3 unspecified atom stereocenters. The van der Waals surface area contributed by atoms with Gasteiger partial charge in [-0.3, -0.25) is 4.90 Å². The Kier molecular flexibility index (Phi) is 4.83. The quantitative estimate of drug-likeness (QED) is 0.786. The molecule has 3 heteroatoms. The van der Waals surface area contributed by atoms with Crippen molar-refractivity contribution < 1.29 is 0 Å². The zero-order valence-corrected chi connectivity index (χ0v) is 11.8. The van der Waals surface area contributed by atoms with Gasteiger partial charge >= 0.3 is 0 Å². The minimum absolute atomic E-state index is 0.707. The fourth-order valence-electron chi connectivity index (χ4n) is 3.30. The molecule has 2 fully saturated rings. The first kappa shape index (κ1) is 13.3. The highest BCUT2D eigenvalue weighted by Gasteiger charge is 2.26. The molecule has 2 aliphatic rings. The normalized spacial score (nSPS) is 37.9. The van der Waals surface area contributed by atoms with Gasteiger partial charge in [0, 0.05) is 25.2 Å². The first-order valence-corrected chi connectivity index (χ1v) is 7.33. The van der Waals surface area contributed by atoms with Gasteiger partial charge in [-0.15, -0.1) is 0 Å². The van der Waals surface area contributed by atoms with Crippen LogP contribution in [0.1, 0.15) is 33.1 Å². The van der Waals surface area contributed by atoms with Crippen LogP contribution in [0, 0.1) is 5.92 Å². The van der Waals surface area contributed by atoms with Gasteiger partial charge in [-0.2, -0.15) is 0 Å². The molecule has 17 heavy (non-hydrogen) atoms. The molecule has 0 saturated carbocycles. The Morgan fingerprint density at radius 1 is 1.18 bits per heavy atom. The van der Waals surface area contributed by atoms with Gasteiger partial charge < -0.3 is 10.2 Å². The minimum atomic E-state index is 0.707. The lowest BCUT2D eigenvalue weighted by Gasteiger charge is -2.36. The van der Waals surface area contributed by atoms with Gasteiger partial charge in [0.2, 0.25) is 0 Å². The Morgan fingerprint density at radius 3 is 2.76 bits per heavy atom. The second kappa shape index (κ2) is 6.17. The van der Waals surface area contributed by atoms with E-state index in [9.17, 15) is 0 Å². The second-order valence-corrected chi connectivity index (χ2v) is 6.14. The van der Waals surface area contributed by atoms with Crippen molar-refractivity contribution in [2.45, 2.75) is 45.2 Å². The number of hydrogen-bond donors (Lipinski definition) is 1. The third kappa shape index (κ3) is 3.67. The van der Waals surface area contributed by atoms with Gasteiger partial charge in [0.25, 0.3) is 0 Å². The molecular weight excluding hydrogens is 210 g/mol. The van der Waals surface area contributed by atoms with Crippen molar-refractivity contribution in [2.24, 2.45) is 5.92 Å². The van der Waals surface area contributed by atoms with Crippen LogP contribution in [0.2, 0.25) is 0 Å². The van der Waals surface area contributed by atoms with Crippen LogP contribution in [-0.2, 0) is 0 Å². The molecule has 0 bridgehead atoms. The van der Waals surface area contributed by atoms with E-state index in [0.717, 1.165) is 12.0 Å². The van der Waals surface area contributed by atoms with Crippen LogP contribution >= 0.6 is 0 Å². The van der Waals surface area contributed by atoms with Crippen molar-refractivity contribution in [3.8, 4) is 0 Å². The highest BCUT2D eigenvalue weighted by Crippen LogP contribution is 2.18. The van der Waals surface area contributed by atoms with E-state index in [0.29, 0.717) is 6.04 Å². The van der Waals surface area contributed by atoms with E-state index in [-0.39, 0.29) is 0 Å². The van der Waals surface area contributed by atoms with Crippen LogP contribution in [0.4, 0.5) is 0 Å². The Bertz CT molecular complexity index is 232. The largest absolute Gasteiger partial charge is 0.312 e. The molecule has 2 aliphatic heterocycles. The molecule has 2 saturated heterocycles.